The first-order valence-electron chi connectivity index (χ1n) is 7.05. The summed E-state index contributed by atoms with van der Waals surface area (Å²) in [6.07, 6.45) is 5.41. The van der Waals surface area contributed by atoms with Crippen LogP contribution in [0, 0.1) is 0 Å². The first-order chi connectivity index (χ1) is 9.20. The van der Waals surface area contributed by atoms with Crippen LogP contribution in [0.2, 0.25) is 0 Å². The van der Waals surface area contributed by atoms with Crippen molar-refractivity contribution in [2.75, 3.05) is 19.8 Å². The van der Waals surface area contributed by atoms with Gasteiger partial charge in [0.25, 0.3) is 0 Å². The minimum Gasteiger partial charge on any atom is -0.394 e. The summed E-state index contributed by atoms with van der Waals surface area (Å²) in [4.78, 5) is 0. The lowest BCUT2D eigenvalue weighted by Crippen LogP contribution is -2.42. The highest BCUT2D eigenvalue weighted by Crippen LogP contribution is 2.21. The summed E-state index contributed by atoms with van der Waals surface area (Å²) >= 11 is 0. The molecule has 112 valence electrons. The molecule has 1 heterocycles. The molecule has 0 saturated carbocycles. The van der Waals surface area contributed by atoms with E-state index in [0.717, 1.165) is 25.7 Å². The fraction of sp³-hybridized carbons (Fsp3) is 0.857. The molecule has 5 heteroatoms. The second-order valence-electron chi connectivity index (χ2n) is 4.83. The quantitative estimate of drug-likeness (QED) is 0.424. The maximum absolute atomic E-state index is 9.72. The van der Waals surface area contributed by atoms with Crippen molar-refractivity contribution in [3.63, 3.8) is 0 Å². The van der Waals surface area contributed by atoms with Gasteiger partial charge < -0.3 is 24.8 Å². The van der Waals surface area contributed by atoms with Gasteiger partial charge in [0.15, 0.2) is 0 Å². The number of rotatable bonds is 9. The smallest absolute Gasteiger partial charge is 0.114 e. The monoisotopic (exact) mass is 274 g/mol. The van der Waals surface area contributed by atoms with Gasteiger partial charge >= 0.3 is 0 Å². The van der Waals surface area contributed by atoms with Crippen molar-refractivity contribution in [3.05, 3.63) is 12.2 Å². The van der Waals surface area contributed by atoms with Crippen molar-refractivity contribution in [2.24, 2.45) is 0 Å². The molecule has 0 unspecified atom stereocenters. The van der Waals surface area contributed by atoms with Gasteiger partial charge in [-0.3, -0.25) is 0 Å². The van der Waals surface area contributed by atoms with E-state index in [1.807, 2.05) is 0 Å². The molecular formula is C14H26O5. The molecule has 0 amide bonds. The molecule has 1 saturated heterocycles. The van der Waals surface area contributed by atoms with Crippen LogP contribution in [-0.4, -0.2) is 59.6 Å². The molecule has 0 spiro atoms. The average molecular weight is 274 g/mol. The van der Waals surface area contributed by atoms with E-state index in [1.165, 1.54) is 0 Å². The van der Waals surface area contributed by atoms with Gasteiger partial charge in [-0.25, -0.2) is 0 Å². The number of aliphatic hydroxyl groups excluding tert-OH is 3. The van der Waals surface area contributed by atoms with E-state index in [-0.39, 0.29) is 13.2 Å². The fourth-order valence-electron chi connectivity index (χ4n) is 2.13. The highest BCUT2D eigenvalue weighted by Gasteiger charge is 2.40. The van der Waals surface area contributed by atoms with Gasteiger partial charge in [-0.1, -0.05) is 19.1 Å². The van der Waals surface area contributed by atoms with E-state index in [9.17, 15) is 10.2 Å². The highest BCUT2D eigenvalue weighted by molar-refractivity contribution is 4.89. The van der Waals surface area contributed by atoms with Gasteiger partial charge in [-0.05, 0) is 25.7 Å². The minimum atomic E-state index is -1.00. The van der Waals surface area contributed by atoms with E-state index in [0.29, 0.717) is 6.61 Å². The fourth-order valence-corrected chi connectivity index (χ4v) is 2.13. The van der Waals surface area contributed by atoms with Gasteiger partial charge in [-0.15, -0.1) is 0 Å². The largest absolute Gasteiger partial charge is 0.394 e. The summed E-state index contributed by atoms with van der Waals surface area (Å²) in [6, 6.07) is 0. The summed E-state index contributed by atoms with van der Waals surface area (Å²) in [5.74, 6) is 0. The zero-order valence-electron chi connectivity index (χ0n) is 11.6. The first kappa shape index (κ1) is 16.6. The van der Waals surface area contributed by atoms with Crippen LogP contribution in [-0.2, 0) is 9.47 Å². The Morgan fingerprint density at radius 1 is 1.37 bits per heavy atom. The molecule has 1 aliphatic rings. The van der Waals surface area contributed by atoms with Gasteiger partial charge in [-0.2, -0.15) is 0 Å². The summed E-state index contributed by atoms with van der Waals surface area (Å²) in [7, 11) is 0. The third-order valence-corrected chi connectivity index (χ3v) is 3.21. The van der Waals surface area contributed by atoms with E-state index in [2.05, 4.69) is 19.1 Å². The Morgan fingerprint density at radius 3 is 2.84 bits per heavy atom. The Morgan fingerprint density at radius 2 is 2.16 bits per heavy atom. The molecule has 0 aromatic rings. The Hall–Kier alpha value is -0.460. The van der Waals surface area contributed by atoms with Crippen LogP contribution in [0.4, 0.5) is 0 Å². The number of hydrogen-bond donors (Lipinski definition) is 3. The zero-order valence-corrected chi connectivity index (χ0v) is 11.6. The first-order valence-corrected chi connectivity index (χ1v) is 7.05. The third-order valence-electron chi connectivity index (χ3n) is 3.21. The molecule has 0 aromatic heterocycles. The van der Waals surface area contributed by atoms with Crippen LogP contribution in [0.25, 0.3) is 0 Å². The number of allylic oxidation sites excluding steroid dienone is 2. The summed E-state index contributed by atoms with van der Waals surface area (Å²) in [5, 5.41) is 28.2. The third kappa shape index (κ3) is 5.58. The SMILES string of the molecule is CC/C=C/CCCCO[C@@H]1[C@H]([C@H](O)CO)OC[C@@H]1O. The predicted octanol–water partition coefficient (Wildman–Crippen LogP) is 0.621. The van der Waals surface area contributed by atoms with Gasteiger partial charge in [0, 0.05) is 6.61 Å². The molecule has 19 heavy (non-hydrogen) atoms. The van der Waals surface area contributed by atoms with E-state index in [1.54, 1.807) is 0 Å². The van der Waals surface area contributed by atoms with Crippen LogP contribution < -0.4 is 0 Å². The molecule has 3 N–H and O–H groups in total. The van der Waals surface area contributed by atoms with Gasteiger partial charge in [0.05, 0.1) is 13.2 Å². The van der Waals surface area contributed by atoms with Crippen LogP contribution in [0.15, 0.2) is 12.2 Å². The average Bonchev–Trinajstić information content (AvgIpc) is 2.78. The molecule has 0 aromatic carbocycles. The normalized spacial score (nSPS) is 29.2. The molecule has 5 nitrogen and oxygen atoms in total. The summed E-state index contributed by atoms with van der Waals surface area (Å²) in [6.45, 7) is 2.39. The van der Waals surface area contributed by atoms with Crippen molar-refractivity contribution in [2.45, 2.75) is 57.0 Å². The molecule has 1 fully saturated rings. The van der Waals surface area contributed by atoms with Gasteiger partial charge in [0.2, 0.25) is 0 Å². The lowest BCUT2D eigenvalue weighted by atomic mass is 10.1. The topological polar surface area (TPSA) is 79.2 Å². The molecule has 0 bridgehead atoms. The standard InChI is InChI=1S/C14H26O5/c1-2-3-4-5-6-7-8-18-14-12(17)10-19-13(14)11(16)9-15/h3-4,11-17H,2,5-10H2,1H3/b4-3+/t11-,12+,13+,14+/m1/s1. The summed E-state index contributed by atoms with van der Waals surface area (Å²) in [5.41, 5.74) is 0. The zero-order chi connectivity index (χ0) is 14.1. The van der Waals surface area contributed by atoms with Crippen molar-refractivity contribution < 1.29 is 24.8 Å². The summed E-state index contributed by atoms with van der Waals surface area (Å²) < 4.78 is 10.8. The molecule has 0 aliphatic carbocycles. The van der Waals surface area contributed by atoms with E-state index >= 15 is 0 Å². The lowest BCUT2D eigenvalue weighted by Gasteiger charge is -2.23. The number of unbranched alkanes of at least 4 members (excludes halogenated alkanes) is 2. The lowest BCUT2D eigenvalue weighted by molar-refractivity contribution is -0.0937. The molecule has 4 atom stereocenters. The maximum atomic E-state index is 9.72. The second-order valence-corrected chi connectivity index (χ2v) is 4.83. The molecule has 1 aliphatic heterocycles. The van der Waals surface area contributed by atoms with E-state index < -0.39 is 24.4 Å². The Labute approximate surface area is 114 Å². The van der Waals surface area contributed by atoms with Crippen LogP contribution in [0.3, 0.4) is 0 Å². The van der Waals surface area contributed by atoms with Crippen molar-refractivity contribution >= 4 is 0 Å². The van der Waals surface area contributed by atoms with Crippen LogP contribution in [0.1, 0.15) is 32.6 Å². The Bertz CT molecular complexity index is 256. The minimum absolute atomic E-state index is 0.144. The molecule has 1 rings (SSSR count). The maximum Gasteiger partial charge on any atom is 0.114 e. The van der Waals surface area contributed by atoms with Crippen molar-refractivity contribution in [1.82, 2.24) is 0 Å². The number of ether oxygens (including phenoxy) is 2. The highest BCUT2D eigenvalue weighted by atomic mass is 16.6. The Balaban J connectivity index is 2.20. The number of aliphatic hydroxyl groups is 3. The van der Waals surface area contributed by atoms with Crippen molar-refractivity contribution in [3.8, 4) is 0 Å². The van der Waals surface area contributed by atoms with Gasteiger partial charge in [0.1, 0.15) is 24.4 Å². The number of hydrogen-bond acceptors (Lipinski definition) is 5. The van der Waals surface area contributed by atoms with Crippen molar-refractivity contribution in [1.29, 1.82) is 0 Å². The van der Waals surface area contributed by atoms with Crippen LogP contribution in [0.5, 0.6) is 0 Å². The Kier molecular flexibility index (Phi) is 8.25. The van der Waals surface area contributed by atoms with Crippen LogP contribution >= 0.6 is 0 Å². The predicted molar refractivity (Wildman–Crippen MR) is 71.9 cm³/mol. The molecule has 0 radical (unpaired) electrons. The molecular weight excluding hydrogens is 248 g/mol. The van der Waals surface area contributed by atoms with E-state index in [4.69, 9.17) is 14.6 Å². The second kappa shape index (κ2) is 9.44.